The summed E-state index contributed by atoms with van der Waals surface area (Å²) in [4.78, 5) is 15.3. The van der Waals surface area contributed by atoms with Crippen LogP contribution in [0.2, 0.25) is 0 Å². The second-order valence-corrected chi connectivity index (χ2v) is 4.23. The highest BCUT2D eigenvalue weighted by Gasteiger charge is 2.16. The number of amides is 1. The average Bonchev–Trinajstić information content (AvgIpc) is 2.15. The van der Waals surface area contributed by atoms with Crippen molar-refractivity contribution in [3.05, 3.63) is 24.0 Å². The molecule has 0 aliphatic rings. The van der Waals surface area contributed by atoms with Crippen molar-refractivity contribution in [2.45, 2.75) is 26.4 Å². The Labute approximate surface area is 95.0 Å². The molecule has 1 aromatic heterocycles. The minimum atomic E-state index is -0.527. The van der Waals surface area contributed by atoms with E-state index in [-0.39, 0.29) is 0 Å². The third-order valence-corrected chi connectivity index (χ3v) is 1.55. The van der Waals surface area contributed by atoms with E-state index in [1.165, 1.54) is 6.20 Å². The topological polar surface area (TPSA) is 51.2 Å². The van der Waals surface area contributed by atoms with Crippen LogP contribution in [0.4, 0.5) is 10.5 Å². The third kappa shape index (κ3) is 4.01. The quantitative estimate of drug-likeness (QED) is 0.736. The Bertz CT molecular complexity index is 427. The largest absolute Gasteiger partial charge is 0.444 e. The van der Waals surface area contributed by atoms with Crippen LogP contribution in [-0.4, -0.2) is 16.7 Å². The van der Waals surface area contributed by atoms with E-state index in [2.05, 4.69) is 16.2 Å². The lowest BCUT2D eigenvalue weighted by Crippen LogP contribution is -2.27. The number of nitrogens with zero attached hydrogens (tertiary/aromatic N) is 1. The lowest BCUT2D eigenvalue weighted by molar-refractivity contribution is 0.0636. The first-order valence-electron chi connectivity index (χ1n) is 4.82. The Morgan fingerprint density at radius 3 is 2.75 bits per heavy atom. The molecule has 1 amide bonds. The zero-order valence-corrected chi connectivity index (χ0v) is 9.57. The monoisotopic (exact) mass is 218 g/mol. The van der Waals surface area contributed by atoms with Gasteiger partial charge in [-0.05, 0) is 26.8 Å². The van der Waals surface area contributed by atoms with Gasteiger partial charge in [0.05, 0.1) is 11.9 Å². The molecular weight excluding hydrogens is 204 g/mol. The molecule has 0 spiro atoms. The number of carbonyl (C=O) groups is 1. The van der Waals surface area contributed by atoms with Gasteiger partial charge in [0, 0.05) is 11.8 Å². The maximum Gasteiger partial charge on any atom is 0.412 e. The summed E-state index contributed by atoms with van der Waals surface area (Å²) in [7, 11) is 0. The minimum Gasteiger partial charge on any atom is -0.444 e. The zero-order valence-electron chi connectivity index (χ0n) is 9.57. The van der Waals surface area contributed by atoms with Gasteiger partial charge < -0.3 is 4.74 Å². The van der Waals surface area contributed by atoms with E-state index in [4.69, 9.17) is 11.2 Å². The Morgan fingerprint density at radius 1 is 1.50 bits per heavy atom. The molecule has 1 N–H and O–H groups in total. The number of aromatic nitrogens is 1. The van der Waals surface area contributed by atoms with Gasteiger partial charge in [-0.15, -0.1) is 6.42 Å². The fraction of sp³-hybridized carbons (Fsp3) is 0.333. The van der Waals surface area contributed by atoms with Crippen molar-refractivity contribution in [2.75, 3.05) is 5.32 Å². The lowest BCUT2D eigenvalue weighted by Gasteiger charge is -2.19. The number of terminal acetylenes is 1. The van der Waals surface area contributed by atoms with Crippen LogP contribution in [0, 0.1) is 12.3 Å². The molecule has 0 saturated heterocycles. The number of nitrogens with one attached hydrogen (secondary N) is 1. The predicted molar refractivity (Wildman–Crippen MR) is 62.0 cm³/mol. The van der Waals surface area contributed by atoms with Crippen LogP contribution < -0.4 is 5.32 Å². The molecule has 1 rings (SSSR count). The smallest absolute Gasteiger partial charge is 0.412 e. The van der Waals surface area contributed by atoms with Gasteiger partial charge in [-0.2, -0.15) is 0 Å². The summed E-state index contributed by atoms with van der Waals surface area (Å²) in [6.45, 7) is 5.38. The average molecular weight is 218 g/mol. The second kappa shape index (κ2) is 4.67. The van der Waals surface area contributed by atoms with Gasteiger partial charge in [0.1, 0.15) is 5.60 Å². The van der Waals surface area contributed by atoms with E-state index < -0.39 is 11.7 Å². The highest BCUT2D eigenvalue weighted by atomic mass is 16.6. The molecule has 0 aliphatic heterocycles. The van der Waals surface area contributed by atoms with Crippen LogP contribution in [0.15, 0.2) is 18.5 Å². The molecule has 1 aromatic rings. The summed E-state index contributed by atoms with van der Waals surface area (Å²) in [6, 6.07) is 1.65. The normalized spacial score (nSPS) is 10.4. The number of anilines is 1. The molecule has 0 aromatic carbocycles. The molecule has 84 valence electrons. The summed E-state index contributed by atoms with van der Waals surface area (Å²) in [5, 5.41) is 2.55. The fourth-order valence-corrected chi connectivity index (χ4v) is 1.01. The molecule has 0 aliphatic carbocycles. The summed E-state index contributed by atoms with van der Waals surface area (Å²) < 4.78 is 5.09. The number of carbonyl (C=O) groups excluding carboxylic acids is 1. The lowest BCUT2D eigenvalue weighted by atomic mass is 10.2. The van der Waals surface area contributed by atoms with Crippen molar-refractivity contribution in [3.8, 4) is 12.3 Å². The molecule has 1 heterocycles. The maximum atomic E-state index is 11.4. The van der Waals surface area contributed by atoms with E-state index in [1.807, 2.05) is 0 Å². The van der Waals surface area contributed by atoms with E-state index in [1.54, 1.807) is 33.0 Å². The standard InChI is InChI=1S/C12H14N2O2/c1-5-9-6-10(8-13-7-9)14-11(15)16-12(2,3)4/h1,6-8H,2-4H3,(H,14,15). The van der Waals surface area contributed by atoms with Gasteiger partial charge in [0.2, 0.25) is 0 Å². The van der Waals surface area contributed by atoms with Gasteiger partial charge in [-0.1, -0.05) is 5.92 Å². The van der Waals surface area contributed by atoms with E-state index >= 15 is 0 Å². The molecule has 0 atom stereocenters. The Hall–Kier alpha value is -2.02. The summed E-state index contributed by atoms with van der Waals surface area (Å²) in [6.07, 6.45) is 7.74. The number of rotatable bonds is 1. The number of ether oxygens (including phenoxy) is 1. The maximum absolute atomic E-state index is 11.4. The van der Waals surface area contributed by atoms with Crippen molar-refractivity contribution in [1.82, 2.24) is 4.98 Å². The van der Waals surface area contributed by atoms with Gasteiger partial charge in [0.15, 0.2) is 0 Å². The van der Waals surface area contributed by atoms with E-state index in [9.17, 15) is 4.79 Å². The van der Waals surface area contributed by atoms with E-state index in [0.717, 1.165) is 0 Å². The molecule has 0 radical (unpaired) electrons. The van der Waals surface area contributed by atoms with Crippen LogP contribution in [0.1, 0.15) is 26.3 Å². The summed E-state index contributed by atoms with van der Waals surface area (Å²) in [5.41, 5.74) is 0.597. The molecule has 0 unspecified atom stereocenters. The number of hydrogen-bond donors (Lipinski definition) is 1. The zero-order chi connectivity index (χ0) is 12.2. The van der Waals surface area contributed by atoms with Crippen molar-refractivity contribution >= 4 is 11.8 Å². The van der Waals surface area contributed by atoms with Crippen LogP contribution in [0.3, 0.4) is 0 Å². The number of pyridine rings is 1. The Morgan fingerprint density at radius 2 is 2.19 bits per heavy atom. The highest BCUT2D eigenvalue weighted by molar-refractivity contribution is 5.84. The molecule has 0 bridgehead atoms. The summed E-state index contributed by atoms with van der Waals surface area (Å²) in [5.74, 6) is 2.43. The predicted octanol–water partition coefficient (Wildman–Crippen LogP) is 2.41. The molecule has 0 saturated carbocycles. The van der Waals surface area contributed by atoms with Crippen LogP contribution in [-0.2, 0) is 4.74 Å². The Balaban J connectivity index is 2.67. The molecule has 4 nitrogen and oxygen atoms in total. The van der Waals surface area contributed by atoms with Crippen LogP contribution in [0.25, 0.3) is 0 Å². The number of hydrogen-bond acceptors (Lipinski definition) is 3. The molecule has 0 fully saturated rings. The highest BCUT2D eigenvalue weighted by Crippen LogP contribution is 2.11. The van der Waals surface area contributed by atoms with Crippen LogP contribution >= 0.6 is 0 Å². The first kappa shape index (κ1) is 12.1. The van der Waals surface area contributed by atoms with Crippen molar-refractivity contribution in [3.63, 3.8) is 0 Å². The van der Waals surface area contributed by atoms with Gasteiger partial charge in [0.25, 0.3) is 0 Å². The van der Waals surface area contributed by atoms with Gasteiger partial charge >= 0.3 is 6.09 Å². The van der Waals surface area contributed by atoms with E-state index in [0.29, 0.717) is 11.3 Å². The first-order chi connectivity index (χ1) is 7.40. The molecule has 16 heavy (non-hydrogen) atoms. The van der Waals surface area contributed by atoms with Crippen molar-refractivity contribution in [2.24, 2.45) is 0 Å². The van der Waals surface area contributed by atoms with Crippen molar-refractivity contribution < 1.29 is 9.53 Å². The molecule has 4 heteroatoms. The Kier molecular flexibility index (Phi) is 3.51. The summed E-state index contributed by atoms with van der Waals surface area (Å²) >= 11 is 0. The van der Waals surface area contributed by atoms with Crippen molar-refractivity contribution in [1.29, 1.82) is 0 Å². The fourth-order valence-electron chi connectivity index (χ4n) is 1.01. The SMILES string of the molecule is C#Cc1cncc(NC(=O)OC(C)(C)C)c1. The first-order valence-corrected chi connectivity index (χ1v) is 4.82. The van der Waals surface area contributed by atoms with Gasteiger partial charge in [-0.25, -0.2) is 4.79 Å². The van der Waals surface area contributed by atoms with Crippen LogP contribution in [0.5, 0.6) is 0 Å². The second-order valence-electron chi connectivity index (χ2n) is 4.23. The molecular formula is C12H14N2O2. The van der Waals surface area contributed by atoms with Gasteiger partial charge in [-0.3, -0.25) is 10.3 Å². The third-order valence-electron chi connectivity index (χ3n) is 1.55. The minimum absolute atomic E-state index is 0.518.